The Morgan fingerprint density at radius 1 is 1.40 bits per heavy atom. The van der Waals surface area contributed by atoms with E-state index in [2.05, 4.69) is 0 Å². The first-order valence-electron chi connectivity index (χ1n) is 4.78. The minimum Gasteiger partial charge on any atom is -0.340 e. The summed E-state index contributed by atoms with van der Waals surface area (Å²) < 4.78 is 1.85. The number of rotatable bonds is 1. The fourth-order valence-electron chi connectivity index (χ4n) is 1.89. The van der Waals surface area contributed by atoms with Crippen LogP contribution in [0.15, 0.2) is 18.2 Å². The van der Waals surface area contributed by atoms with Crippen molar-refractivity contribution in [1.29, 1.82) is 0 Å². The van der Waals surface area contributed by atoms with E-state index in [0.29, 0.717) is 10.7 Å². The van der Waals surface area contributed by atoms with Crippen molar-refractivity contribution in [2.45, 2.75) is 13.8 Å². The van der Waals surface area contributed by atoms with Gasteiger partial charge in [-0.2, -0.15) is 0 Å². The van der Waals surface area contributed by atoms with Crippen LogP contribution in [0.2, 0.25) is 5.02 Å². The Morgan fingerprint density at radius 3 is 2.67 bits per heavy atom. The minimum absolute atomic E-state index is 0.00338. The molecular formula is C12H12ClNO. The van der Waals surface area contributed by atoms with E-state index in [9.17, 15) is 4.79 Å². The van der Waals surface area contributed by atoms with E-state index < -0.39 is 0 Å². The number of hydrogen-bond acceptors (Lipinski definition) is 1. The smallest absolute Gasteiger partial charge is 0.177 e. The summed E-state index contributed by atoms with van der Waals surface area (Å²) in [7, 11) is 1.87. The van der Waals surface area contributed by atoms with Crippen molar-refractivity contribution in [2.75, 3.05) is 0 Å². The van der Waals surface area contributed by atoms with Gasteiger partial charge in [-0.05, 0) is 18.6 Å². The largest absolute Gasteiger partial charge is 0.340 e. The Morgan fingerprint density at radius 2 is 2.07 bits per heavy atom. The molecule has 0 aliphatic carbocycles. The zero-order valence-electron chi connectivity index (χ0n) is 8.97. The van der Waals surface area contributed by atoms with Crippen molar-refractivity contribution in [3.63, 3.8) is 0 Å². The van der Waals surface area contributed by atoms with E-state index in [1.807, 2.05) is 36.7 Å². The SMILES string of the molecule is CC(=O)c1c(Cl)c2ccc(C)cc2n1C. The second kappa shape index (κ2) is 3.38. The molecule has 2 rings (SSSR count). The molecule has 0 bridgehead atoms. The Kier molecular flexibility index (Phi) is 2.31. The average molecular weight is 222 g/mol. The summed E-state index contributed by atoms with van der Waals surface area (Å²) in [5.41, 5.74) is 2.75. The first-order chi connectivity index (χ1) is 7.02. The lowest BCUT2D eigenvalue weighted by Gasteiger charge is -2.00. The summed E-state index contributed by atoms with van der Waals surface area (Å²) >= 11 is 6.17. The number of nitrogens with zero attached hydrogens (tertiary/aromatic N) is 1. The van der Waals surface area contributed by atoms with Crippen LogP contribution in [-0.4, -0.2) is 10.4 Å². The van der Waals surface area contributed by atoms with E-state index in [1.54, 1.807) is 0 Å². The highest BCUT2D eigenvalue weighted by atomic mass is 35.5. The normalized spacial score (nSPS) is 10.9. The molecule has 2 nitrogen and oxygen atoms in total. The molecule has 3 heteroatoms. The number of benzene rings is 1. The number of aromatic nitrogens is 1. The van der Waals surface area contributed by atoms with E-state index in [-0.39, 0.29) is 5.78 Å². The average Bonchev–Trinajstić information content (AvgIpc) is 2.39. The summed E-state index contributed by atoms with van der Waals surface area (Å²) in [5.74, 6) is -0.00338. The standard InChI is InChI=1S/C12H12ClNO/c1-7-4-5-9-10(6-7)14(3)12(8(2)15)11(9)13/h4-6H,1-3H3. The quantitative estimate of drug-likeness (QED) is 0.677. The topological polar surface area (TPSA) is 22.0 Å². The summed E-state index contributed by atoms with van der Waals surface area (Å²) in [6, 6.07) is 5.99. The Balaban J connectivity index is 2.91. The number of aryl methyl sites for hydroxylation is 2. The fraction of sp³-hybridized carbons (Fsp3) is 0.250. The molecule has 15 heavy (non-hydrogen) atoms. The first kappa shape index (κ1) is 10.2. The lowest BCUT2D eigenvalue weighted by Crippen LogP contribution is -2.01. The second-order valence-corrected chi connectivity index (χ2v) is 4.18. The molecule has 1 aromatic carbocycles. The van der Waals surface area contributed by atoms with Crippen LogP contribution < -0.4 is 0 Å². The van der Waals surface area contributed by atoms with Gasteiger partial charge in [-0.15, -0.1) is 0 Å². The molecule has 0 atom stereocenters. The van der Waals surface area contributed by atoms with Crippen LogP contribution in [0.5, 0.6) is 0 Å². The summed E-state index contributed by atoms with van der Waals surface area (Å²) in [6.45, 7) is 3.56. The third-order valence-electron chi connectivity index (χ3n) is 2.63. The van der Waals surface area contributed by atoms with Gasteiger partial charge in [-0.25, -0.2) is 0 Å². The van der Waals surface area contributed by atoms with Gasteiger partial charge in [0.2, 0.25) is 0 Å². The maximum Gasteiger partial charge on any atom is 0.177 e. The van der Waals surface area contributed by atoms with Crippen molar-refractivity contribution >= 4 is 28.3 Å². The van der Waals surface area contributed by atoms with E-state index in [1.165, 1.54) is 6.92 Å². The van der Waals surface area contributed by atoms with Gasteiger partial charge in [0.25, 0.3) is 0 Å². The van der Waals surface area contributed by atoms with Gasteiger partial charge in [0.05, 0.1) is 10.5 Å². The lowest BCUT2D eigenvalue weighted by atomic mass is 10.2. The highest BCUT2D eigenvalue weighted by Gasteiger charge is 2.16. The molecule has 1 aromatic heterocycles. The molecule has 0 fully saturated rings. The van der Waals surface area contributed by atoms with Gasteiger partial charge < -0.3 is 4.57 Å². The van der Waals surface area contributed by atoms with Crippen molar-refractivity contribution in [3.05, 3.63) is 34.5 Å². The summed E-state index contributed by atoms with van der Waals surface area (Å²) in [4.78, 5) is 11.4. The molecule has 0 aliphatic rings. The number of hydrogen-bond donors (Lipinski definition) is 0. The molecule has 2 aromatic rings. The van der Waals surface area contributed by atoms with E-state index in [0.717, 1.165) is 16.5 Å². The predicted octanol–water partition coefficient (Wildman–Crippen LogP) is 3.34. The Labute approximate surface area is 93.5 Å². The van der Waals surface area contributed by atoms with Crippen LogP contribution in [0.4, 0.5) is 0 Å². The van der Waals surface area contributed by atoms with Crippen molar-refractivity contribution < 1.29 is 4.79 Å². The third kappa shape index (κ3) is 1.45. The van der Waals surface area contributed by atoms with Gasteiger partial charge in [0.1, 0.15) is 5.69 Å². The maximum atomic E-state index is 11.4. The van der Waals surface area contributed by atoms with Gasteiger partial charge in [-0.1, -0.05) is 23.7 Å². The van der Waals surface area contributed by atoms with Gasteiger partial charge in [-0.3, -0.25) is 4.79 Å². The van der Waals surface area contributed by atoms with Gasteiger partial charge in [0, 0.05) is 19.4 Å². The molecule has 0 spiro atoms. The van der Waals surface area contributed by atoms with Crippen molar-refractivity contribution in [3.8, 4) is 0 Å². The fourth-order valence-corrected chi connectivity index (χ4v) is 2.31. The molecule has 1 heterocycles. The monoisotopic (exact) mass is 221 g/mol. The van der Waals surface area contributed by atoms with Gasteiger partial charge >= 0.3 is 0 Å². The van der Waals surface area contributed by atoms with Crippen LogP contribution in [-0.2, 0) is 7.05 Å². The summed E-state index contributed by atoms with van der Waals surface area (Å²) in [6.07, 6.45) is 0. The highest BCUT2D eigenvalue weighted by molar-refractivity contribution is 6.38. The molecule has 78 valence electrons. The predicted molar refractivity (Wildman–Crippen MR) is 62.7 cm³/mol. The first-order valence-corrected chi connectivity index (χ1v) is 5.15. The zero-order valence-corrected chi connectivity index (χ0v) is 9.72. The van der Waals surface area contributed by atoms with Crippen molar-refractivity contribution in [1.82, 2.24) is 4.57 Å². The molecule has 0 amide bonds. The highest BCUT2D eigenvalue weighted by Crippen LogP contribution is 2.30. The van der Waals surface area contributed by atoms with E-state index >= 15 is 0 Å². The third-order valence-corrected chi connectivity index (χ3v) is 3.01. The molecule has 0 aliphatic heterocycles. The lowest BCUT2D eigenvalue weighted by molar-refractivity contribution is 0.101. The summed E-state index contributed by atoms with van der Waals surface area (Å²) in [5, 5.41) is 1.50. The minimum atomic E-state index is -0.00338. The molecule has 0 N–H and O–H groups in total. The second-order valence-electron chi connectivity index (χ2n) is 3.80. The van der Waals surface area contributed by atoms with Crippen LogP contribution >= 0.6 is 11.6 Å². The number of carbonyl (C=O) groups is 1. The molecule has 0 saturated carbocycles. The van der Waals surface area contributed by atoms with Crippen LogP contribution in [0.3, 0.4) is 0 Å². The Hall–Kier alpha value is -1.28. The molecule has 0 unspecified atom stereocenters. The number of fused-ring (bicyclic) bond motifs is 1. The molecular weight excluding hydrogens is 210 g/mol. The van der Waals surface area contributed by atoms with Crippen LogP contribution in [0.1, 0.15) is 23.0 Å². The van der Waals surface area contributed by atoms with E-state index in [4.69, 9.17) is 11.6 Å². The van der Waals surface area contributed by atoms with Gasteiger partial charge in [0.15, 0.2) is 5.78 Å². The number of Topliss-reactive ketones (excluding diaryl/α,β-unsaturated/α-hetero) is 1. The Bertz CT molecular complexity index is 554. The maximum absolute atomic E-state index is 11.4. The van der Waals surface area contributed by atoms with Crippen LogP contribution in [0.25, 0.3) is 10.9 Å². The number of halogens is 1. The molecule has 0 radical (unpaired) electrons. The van der Waals surface area contributed by atoms with Crippen LogP contribution in [0, 0.1) is 6.92 Å². The van der Waals surface area contributed by atoms with Crippen molar-refractivity contribution in [2.24, 2.45) is 7.05 Å². The number of ketones is 1. The number of carbonyl (C=O) groups excluding carboxylic acids is 1. The molecule has 0 saturated heterocycles. The zero-order chi connectivity index (χ0) is 11.2.